The molecule has 1 aliphatic heterocycles. The number of benzene rings is 1. The lowest BCUT2D eigenvalue weighted by Crippen LogP contribution is -2.49. The molecule has 0 saturated carbocycles. The lowest BCUT2D eigenvalue weighted by atomic mass is 10.1. The molecule has 1 aromatic rings. The highest BCUT2D eigenvalue weighted by Gasteiger charge is 2.23. The molecule has 1 aliphatic rings. The third kappa shape index (κ3) is 4.61. The van der Waals surface area contributed by atoms with Gasteiger partial charge in [-0.15, -0.1) is 0 Å². The van der Waals surface area contributed by atoms with Crippen LogP contribution in [0.1, 0.15) is 31.1 Å². The molecule has 0 atom stereocenters. The molecule has 2 rings (SSSR count). The largest absolute Gasteiger partial charge is 0.493 e. The number of piperazine rings is 1. The van der Waals surface area contributed by atoms with E-state index < -0.39 is 0 Å². The number of carbonyl (C=O) groups is 1. The Kier molecular flexibility index (Phi) is 6.28. The Morgan fingerprint density at radius 2 is 1.87 bits per heavy atom. The van der Waals surface area contributed by atoms with E-state index in [-0.39, 0.29) is 5.91 Å². The number of carbonyl (C=O) groups excluding carboxylic acids is 1. The number of methoxy groups -OCH3 is 1. The van der Waals surface area contributed by atoms with E-state index in [1.807, 2.05) is 17.9 Å². The molecule has 1 fully saturated rings. The van der Waals surface area contributed by atoms with Crippen molar-refractivity contribution in [3.8, 4) is 11.5 Å². The molecular formula is C18H28N2O3. The molecule has 0 unspecified atom stereocenters. The number of hydrogen-bond acceptors (Lipinski definition) is 4. The Balaban J connectivity index is 2.02. The van der Waals surface area contributed by atoms with Gasteiger partial charge in [0.25, 0.3) is 5.91 Å². The molecule has 128 valence electrons. The quantitative estimate of drug-likeness (QED) is 0.808. The predicted octanol–water partition coefficient (Wildman–Crippen LogP) is 2.51. The highest BCUT2D eigenvalue weighted by Crippen LogP contribution is 2.28. The second kappa shape index (κ2) is 8.20. The maximum Gasteiger partial charge on any atom is 0.254 e. The van der Waals surface area contributed by atoms with Crippen molar-refractivity contribution in [2.75, 3.05) is 46.4 Å². The van der Waals surface area contributed by atoms with Gasteiger partial charge in [0.2, 0.25) is 0 Å². The van der Waals surface area contributed by atoms with Gasteiger partial charge in [0.05, 0.1) is 13.7 Å². The van der Waals surface area contributed by atoms with E-state index in [0.717, 1.165) is 32.7 Å². The first-order chi connectivity index (χ1) is 11.0. The first kappa shape index (κ1) is 17.6. The lowest BCUT2D eigenvalue weighted by Gasteiger charge is -2.35. The third-order valence-corrected chi connectivity index (χ3v) is 3.99. The second-order valence-electron chi connectivity index (χ2n) is 6.29. The number of nitrogens with zero attached hydrogens (tertiary/aromatic N) is 2. The molecule has 1 heterocycles. The summed E-state index contributed by atoms with van der Waals surface area (Å²) in [5, 5.41) is 0. The highest BCUT2D eigenvalue weighted by molar-refractivity contribution is 5.95. The van der Waals surface area contributed by atoms with Crippen LogP contribution in [0.3, 0.4) is 0 Å². The van der Waals surface area contributed by atoms with Crippen molar-refractivity contribution in [2.45, 2.75) is 20.8 Å². The minimum Gasteiger partial charge on any atom is -0.493 e. The highest BCUT2D eigenvalue weighted by atomic mass is 16.5. The normalized spacial score (nSPS) is 15.8. The third-order valence-electron chi connectivity index (χ3n) is 3.99. The minimum absolute atomic E-state index is 0.0674. The molecule has 5 heteroatoms. The molecule has 0 radical (unpaired) electrons. The summed E-state index contributed by atoms with van der Waals surface area (Å²) in [7, 11) is 1.60. The summed E-state index contributed by atoms with van der Waals surface area (Å²) < 4.78 is 10.8. The first-order valence-electron chi connectivity index (χ1n) is 8.37. The zero-order valence-corrected chi connectivity index (χ0v) is 14.7. The molecule has 1 amide bonds. The molecular weight excluding hydrogens is 292 g/mol. The molecule has 0 spiro atoms. The summed E-state index contributed by atoms with van der Waals surface area (Å²) in [5.74, 6) is 2.01. The van der Waals surface area contributed by atoms with Gasteiger partial charge in [-0.25, -0.2) is 0 Å². The molecule has 0 aromatic heterocycles. The zero-order chi connectivity index (χ0) is 16.8. The van der Waals surface area contributed by atoms with Crippen LogP contribution < -0.4 is 9.47 Å². The molecule has 0 aliphatic carbocycles. The maximum atomic E-state index is 12.7. The van der Waals surface area contributed by atoms with Crippen LogP contribution in [0.4, 0.5) is 0 Å². The summed E-state index contributed by atoms with van der Waals surface area (Å²) >= 11 is 0. The predicted molar refractivity (Wildman–Crippen MR) is 91.3 cm³/mol. The molecule has 1 saturated heterocycles. The van der Waals surface area contributed by atoms with Crippen LogP contribution in [-0.2, 0) is 0 Å². The fourth-order valence-electron chi connectivity index (χ4n) is 2.91. The van der Waals surface area contributed by atoms with E-state index >= 15 is 0 Å². The maximum absolute atomic E-state index is 12.7. The fraction of sp³-hybridized carbons (Fsp3) is 0.611. The van der Waals surface area contributed by atoms with E-state index in [0.29, 0.717) is 29.6 Å². The number of ether oxygens (including phenoxy) is 2. The van der Waals surface area contributed by atoms with Gasteiger partial charge in [0, 0.05) is 38.3 Å². The van der Waals surface area contributed by atoms with Crippen molar-refractivity contribution in [2.24, 2.45) is 5.92 Å². The first-order valence-corrected chi connectivity index (χ1v) is 8.37. The summed E-state index contributed by atoms with van der Waals surface area (Å²) in [6, 6.07) is 5.39. The van der Waals surface area contributed by atoms with Gasteiger partial charge in [-0.1, -0.05) is 13.8 Å². The zero-order valence-electron chi connectivity index (χ0n) is 14.7. The van der Waals surface area contributed by atoms with Gasteiger partial charge in [-0.2, -0.15) is 0 Å². The Bertz CT molecular complexity index is 523. The van der Waals surface area contributed by atoms with Crippen molar-refractivity contribution >= 4 is 5.91 Å². The van der Waals surface area contributed by atoms with Crippen LogP contribution >= 0.6 is 0 Å². The van der Waals surface area contributed by atoms with Gasteiger partial charge in [-0.3, -0.25) is 9.69 Å². The Morgan fingerprint density at radius 3 is 2.43 bits per heavy atom. The summed E-state index contributed by atoms with van der Waals surface area (Å²) in [4.78, 5) is 17.0. The molecule has 23 heavy (non-hydrogen) atoms. The molecule has 0 N–H and O–H groups in total. The van der Waals surface area contributed by atoms with Crippen LogP contribution in [0.15, 0.2) is 18.2 Å². The van der Waals surface area contributed by atoms with Crippen LogP contribution in [0.5, 0.6) is 11.5 Å². The van der Waals surface area contributed by atoms with Crippen molar-refractivity contribution in [3.63, 3.8) is 0 Å². The number of hydrogen-bond donors (Lipinski definition) is 0. The standard InChI is InChI=1S/C18H28N2O3/c1-5-23-17-12-15(6-7-16(17)22-4)18(21)20-10-8-19(9-11-20)13-14(2)3/h6-7,12,14H,5,8-11,13H2,1-4H3. The number of rotatable bonds is 6. The average Bonchev–Trinajstić information content (AvgIpc) is 2.54. The molecule has 1 aromatic carbocycles. The monoisotopic (exact) mass is 320 g/mol. The van der Waals surface area contributed by atoms with Gasteiger partial charge in [0.15, 0.2) is 11.5 Å². The summed E-state index contributed by atoms with van der Waals surface area (Å²) in [6.07, 6.45) is 0. The van der Waals surface area contributed by atoms with Gasteiger partial charge >= 0.3 is 0 Å². The summed E-state index contributed by atoms with van der Waals surface area (Å²) in [6.45, 7) is 11.5. The summed E-state index contributed by atoms with van der Waals surface area (Å²) in [5.41, 5.74) is 0.659. The van der Waals surface area contributed by atoms with Crippen molar-refractivity contribution in [3.05, 3.63) is 23.8 Å². The molecule has 0 bridgehead atoms. The Hall–Kier alpha value is -1.75. The topological polar surface area (TPSA) is 42.0 Å². The van der Waals surface area contributed by atoms with Crippen LogP contribution in [0.25, 0.3) is 0 Å². The molecule has 5 nitrogen and oxygen atoms in total. The fourth-order valence-corrected chi connectivity index (χ4v) is 2.91. The SMILES string of the molecule is CCOc1cc(C(=O)N2CCN(CC(C)C)CC2)ccc1OC. The smallest absolute Gasteiger partial charge is 0.254 e. The number of amides is 1. The van der Waals surface area contributed by atoms with Gasteiger partial charge in [-0.05, 0) is 31.0 Å². The van der Waals surface area contributed by atoms with Crippen molar-refractivity contribution in [1.29, 1.82) is 0 Å². The van der Waals surface area contributed by atoms with Gasteiger partial charge in [0.1, 0.15) is 0 Å². The minimum atomic E-state index is 0.0674. The van der Waals surface area contributed by atoms with E-state index in [1.165, 1.54) is 0 Å². The Morgan fingerprint density at radius 1 is 1.17 bits per heavy atom. The lowest BCUT2D eigenvalue weighted by molar-refractivity contribution is 0.0623. The second-order valence-corrected chi connectivity index (χ2v) is 6.29. The van der Waals surface area contributed by atoms with Crippen molar-refractivity contribution in [1.82, 2.24) is 9.80 Å². The van der Waals surface area contributed by atoms with Crippen molar-refractivity contribution < 1.29 is 14.3 Å². The van der Waals surface area contributed by atoms with Gasteiger partial charge < -0.3 is 14.4 Å². The van der Waals surface area contributed by atoms with Crippen LogP contribution in [0, 0.1) is 5.92 Å². The van der Waals surface area contributed by atoms with E-state index in [9.17, 15) is 4.79 Å². The average molecular weight is 320 g/mol. The van der Waals surface area contributed by atoms with Crippen LogP contribution in [0.2, 0.25) is 0 Å². The van der Waals surface area contributed by atoms with E-state index in [2.05, 4.69) is 18.7 Å². The Labute approximate surface area is 139 Å². The van der Waals surface area contributed by atoms with Crippen LogP contribution in [-0.4, -0.2) is 62.1 Å². The van der Waals surface area contributed by atoms with E-state index in [1.54, 1.807) is 19.2 Å². The van der Waals surface area contributed by atoms with E-state index in [4.69, 9.17) is 9.47 Å².